The highest BCUT2D eigenvalue weighted by molar-refractivity contribution is 8.00. The van der Waals surface area contributed by atoms with Gasteiger partial charge in [0.2, 0.25) is 5.91 Å². The number of anilines is 1. The van der Waals surface area contributed by atoms with Gasteiger partial charge in [-0.2, -0.15) is 5.26 Å². The maximum absolute atomic E-state index is 12.8. The van der Waals surface area contributed by atoms with Gasteiger partial charge in [0.05, 0.1) is 37.8 Å². The van der Waals surface area contributed by atoms with Gasteiger partial charge in [-0.05, 0) is 55.0 Å². The van der Waals surface area contributed by atoms with Crippen LogP contribution in [-0.2, 0) is 4.79 Å². The summed E-state index contributed by atoms with van der Waals surface area (Å²) in [7, 11) is 3.14. The van der Waals surface area contributed by atoms with Gasteiger partial charge in [0.25, 0.3) is 0 Å². The molecule has 0 bridgehead atoms. The molecule has 0 saturated carbocycles. The lowest BCUT2D eigenvalue weighted by molar-refractivity contribution is -0.113. The van der Waals surface area contributed by atoms with Crippen molar-refractivity contribution in [1.82, 2.24) is 4.98 Å². The Labute approximate surface area is 226 Å². The first-order valence-corrected chi connectivity index (χ1v) is 12.9. The zero-order valence-electron chi connectivity index (χ0n) is 21.4. The molecule has 0 saturated heterocycles. The summed E-state index contributed by atoms with van der Waals surface area (Å²) in [6.07, 6.45) is 0. The molecule has 8 heteroatoms. The molecule has 1 heterocycles. The second-order valence-corrected chi connectivity index (χ2v) is 9.04. The number of nitrogens with zero attached hydrogens (tertiary/aromatic N) is 2. The molecule has 0 aliphatic rings. The van der Waals surface area contributed by atoms with Crippen molar-refractivity contribution in [3.63, 3.8) is 0 Å². The van der Waals surface area contributed by atoms with Gasteiger partial charge >= 0.3 is 0 Å². The molecular weight excluding hydrogens is 498 g/mol. The van der Waals surface area contributed by atoms with Crippen molar-refractivity contribution in [3.05, 3.63) is 84.4 Å². The quantitative estimate of drug-likeness (QED) is 0.238. The maximum atomic E-state index is 12.8. The SMILES string of the molecule is CCOc1ccc(NC(=O)CSc2nc(-c3ccccc3)cc(-c3ccc(OC)c(OC)c3)c2C#N)cc1. The van der Waals surface area contributed by atoms with Gasteiger partial charge in [0, 0.05) is 16.8 Å². The van der Waals surface area contributed by atoms with Crippen LogP contribution in [0, 0.1) is 11.3 Å². The predicted molar refractivity (Wildman–Crippen MR) is 150 cm³/mol. The molecule has 1 amide bonds. The molecule has 0 atom stereocenters. The van der Waals surface area contributed by atoms with E-state index in [4.69, 9.17) is 19.2 Å². The lowest BCUT2D eigenvalue weighted by Gasteiger charge is -2.14. The molecule has 0 fully saturated rings. The van der Waals surface area contributed by atoms with E-state index < -0.39 is 0 Å². The van der Waals surface area contributed by atoms with Crippen molar-refractivity contribution in [2.45, 2.75) is 11.9 Å². The van der Waals surface area contributed by atoms with Gasteiger partial charge in [-0.15, -0.1) is 0 Å². The van der Waals surface area contributed by atoms with Crippen LogP contribution >= 0.6 is 11.8 Å². The summed E-state index contributed by atoms with van der Waals surface area (Å²) < 4.78 is 16.3. The molecule has 192 valence electrons. The number of nitriles is 1. The molecule has 0 aliphatic heterocycles. The van der Waals surface area contributed by atoms with Crippen molar-refractivity contribution >= 4 is 23.4 Å². The van der Waals surface area contributed by atoms with E-state index in [0.29, 0.717) is 45.6 Å². The summed E-state index contributed by atoms with van der Waals surface area (Å²) >= 11 is 1.22. The molecule has 3 aromatic carbocycles. The number of carbonyl (C=O) groups is 1. The largest absolute Gasteiger partial charge is 0.494 e. The number of benzene rings is 3. The summed E-state index contributed by atoms with van der Waals surface area (Å²) in [6, 6.07) is 26.6. The summed E-state index contributed by atoms with van der Waals surface area (Å²) in [5.41, 5.74) is 4.12. The minimum atomic E-state index is -0.206. The fourth-order valence-electron chi connectivity index (χ4n) is 3.85. The second-order valence-electron chi connectivity index (χ2n) is 8.08. The number of amides is 1. The summed E-state index contributed by atoms with van der Waals surface area (Å²) in [5.74, 6) is 1.76. The topological polar surface area (TPSA) is 93.5 Å². The number of ether oxygens (including phenoxy) is 3. The van der Waals surface area contributed by atoms with Gasteiger partial charge < -0.3 is 19.5 Å². The van der Waals surface area contributed by atoms with E-state index in [1.807, 2.05) is 55.5 Å². The molecular formula is C30H27N3O4S. The molecule has 4 aromatic rings. The number of pyridine rings is 1. The molecule has 0 aliphatic carbocycles. The highest BCUT2D eigenvalue weighted by Gasteiger charge is 2.18. The average Bonchev–Trinajstić information content (AvgIpc) is 2.96. The Balaban J connectivity index is 1.66. The van der Waals surface area contributed by atoms with E-state index >= 15 is 0 Å². The van der Waals surface area contributed by atoms with E-state index in [2.05, 4.69) is 11.4 Å². The first kappa shape index (κ1) is 26.6. The smallest absolute Gasteiger partial charge is 0.234 e. The van der Waals surface area contributed by atoms with Crippen LogP contribution in [0.15, 0.2) is 83.9 Å². The van der Waals surface area contributed by atoms with Crippen molar-refractivity contribution in [1.29, 1.82) is 5.26 Å². The summed E-state index contributed by atoms with van der Waals surface area (Å²) in [6.45, 7) is 2.49. The number of aromatic nitrogens is 1. The van der Waals surface area contributed by atoms with Crippen LogP contribution < -0.4 is 19.5 Å². The number of carbonyl (C=O) groups excluding carboxylic acids is 1. The van der Waals surface area contributed by atoms with Crippen LogP contribution in [0.25, 0.3) is 22.4 Å². The average molecular weight is 526 g/mol. The van der Waals surface area contributed by atoms with Crippen LogP contribution in [0.2, 0.25) is 0 Å². The Morgan fingerprint density at radius 1 is 0.947 bits per heavy atom. The van der Waals surface area contributed by atoms with Crippen molar-refractivity contribution < 1.29 is 19.0 Å². The van der Waals surface area contributed by atoms with E-state index in [-0.39, 0.29) is 11.7 Å². The molecule has 0 radical (unpaired) electrons. The van der Waals surface area contributed by atoms with Gasteiger partial charge in [-0.25, -0.2) is 4.98 Å². The summed E-state index contributed by atoms with van der Waals surface area (Å²) in [4.78, 5) is 17.5. The molecule has 1 aromatic heterocycles. The van der Waals surface area contributed by atoms with Crippen LogP contribution in [0.5, 0.6) is 17.2 Å². The Kier molecular flexibility index (Phi) is 8.85. The Morgan fingerprint density at radius 3 is 2.34 bits per heavy atom. The van der Waals surface area contributed by atoms with Gasteiger partial charge in [0.15, 0.2) is 11.5 Å². The van der Waals surface area contributed by atoms with E-state index in [0.717, 1.165) is 16.9 Å². The maximum Gasteiger partial charge on any atom is 0.234 e. The lowest BCUT2D eigenvalue weighted by atomic mass is 9.99. The van der Waals surface area contributed by atoms with Gasteiger partial charge in [-0.3, -0.25) is 4.79 Å². The van der Waals surface area contributed by atoms with Crippen molar-refractivity contribution in [2.75, 3.05) is 31.9 Å². The zero-order valence-corrected chi connectivity index (χ0v) is 22.2. The first-order valence-electron chi connectivity index (χ1n) is 11.9. The Morgan fingerprint density at radius 2 is 1.68 bits per heavy atom. The number of thioether (sulfide) groups is 1. The van der Waals surface area contributed by atoms with Gasteiger partial charge in [-0.1, -0.05) is 48.2 Å². The predicted octanol–water partition coefficient (Wildman–Crippen LogP) is 6.43. The van der Waals surface area contributed by atoms with E-state index in [1.165, 1.54) is 11.8 Å². The zero-order chi connectivity index (χ0) is 26.9. The number of rotatable bonds is 10. The summed E-state index contributed by atoms with van der Waals surface area (Å²) in [5, 5.41) is 13.5. The Bertz CT molecular complexity index is 1450. The molecule has 0 unspecified atom stereocenters. The Hall–Kier alpha value is -4.48. The molecule has 4 rings (SSSR count). The van der Waals surface area contributed by atoms with E-state index in [1.54, 1.807) is 44.6 Å². The third kappa shape index (κ3) is 6.25. The van der Waals surface area contributed by atoms with Crippen LogP contribution in [0.4, 0.5) is 5.69 Å². The number of hydrogen-bond acceptors (Lipinski definition) is 7. The fraction of sp³-hybridized carbons (Fsp3) is 0.167. The molecule has 38 heavy (non-hydrogen) atoms. The second kappa shape index (κ2) is 12.7. The molecule has 0 spiro atoms. The third-order valence-corrected chi connectivity index (χ3v) is 6.63. The first-order chi connectivity index (χ1) is 18.6. The van der Waals surface area contributed by atoms with Gasteiger partial charge in [0.1, 0.15) is 16.8 Å². The standard InChI is InChI=1S/C30H27N3O4S/c1-4-37-23-13-11-22(12-14-23)32-29(34)19-38-30-25(18-31)24(17-26(33-30)20-8-6-5-7-9-20)21-10-15-27(35-2)28(16-21)36-3/h5-17H,4,19H2,1-3H3,(H,32,34). The van der Waals surface area contributed by atoms with Crippen LogP contribution in [-0.4, -0.2) is 37.5 Å². The normalized spacial score (nSPS) is 10.4. The monoisotopic (exact) mass is 525 g/mol. The van der Waals surface area contributed by atoms with E-state index in [9.17, 15) is 10.1 Å². The highest BCUT2D eigenvalue weighted by atomic mass is 32.2. The number of methoxy groups -OCH3 is 2. The third-order valence-electron chi connectivity index (χ3n) is 5.65. The number of hydrogen-bond donors (Lipinski definition) is 1. The minimum absolute atomic E-state index is 0.0819. The van der Waals surface area contributed by atoms with Crippen molar-refractivity contribution in [2.24, 2.45) is 0 Å². The fourth-order valence-corrected chi connectivity index (χ4v) is 4.66. The van der Waals surface area contributed by atoms with Crippen molar-refractivity contribution in [3.8, 4) is 45.7 Å². The lowest BCUT2D eigenvalue weighted by Crippen LogP contribution is -2.14. The minimum Gasteiger partial charge on any atom is -0.494 e. The molecule has 7 nitrogen and oxygen atoms in total. The highest BCUT2D eigenvalue weighted by Crippen LogP contribution is 2.38. The molecule has 1 N–H and O–H groups in total. The van der Waals surface area contributed by atoms with Crippen LogP contribution in [0.3, 0.4) is 0 Å². The van der Waals surface area contributed by atoms with Crippen LogP contribution in [0.1, 0.15) is 12.5 Å². The number of nitrogens with one attached hydrogen (secondary N) is 1.